The molecule has 1 aromatic carbocycles. The summed E-state index contributed by atoms with van der Waals surface area (Å²) >= 11 is 0. The molecule has 0 radical (unpaired) electrons. The van der Waals surface area contributed by atoms with E-state index in [1.807, 2.05) is 7.05 Å². The van der Waals surface area contributed by atoms with E-state index in [-0.39, 0.29) is 0 Å². The van der Waals surface area contributed by atoms with E-state index in [1.165, 1.54) is 43.5 Å². The SMILES string of the molecule is CCC(NC)c1ccc(N2CCCCCC2C)cc1. The standard InChI is InChI=1S/C17H28N2/c1-4-17(18-3)15-9-11-16(12-10-15)19-13-7-5-6-8-14(19)2/h9-12,14,17-18H,4-8,13H2,1-3H3. The summed E-state index contributed by atoms with van der Waals surface area (Å²) in [5.74, 6) is 0. The molecule has 1 fully saturated rings. The molecule has 106 valence electrons. The van der Waals surface area contributed by atoms with Gasteiger partial charge in [0.2, 0.25) is 0 Å². The number of benzene rings is 1. The third-order valence-electron chi connectivity index (χ3n) is 4.44. The normalized spacial score (nSPS) is 22.1. The molecule has 1 aromatic rings. The Labute approximate surface area is 118 Å². The average Bonchev–Trinajstić information content (AvgIpc) is 2.66. The molecule has 1 aliphatic rings. The van der Waals surface area contributed by atoms with E-state index in [0.29, 0.717) is 12.1 Å². The second-order valence-corrected chi connectivity index (χ2v) is 5.73. The molecule has 0 aromatic heterocycles. The van der Waals surface area contributed by atoms with Crippen LogP contribution >= 0.6 is 0 Å². The Morgan fingerprint density at radius 1 is 1.21 bits per heavy atom. The van der Waals surface area contributed by atoms with Crippen LogP contribution in [0.3, 0.4) is 0 Å². The van der Waals surface area contributed by atoms with E-state index in [9.17, 15) is 0 Å². The fraction of sp³-hybridized carbons (Fsp3) is 0.647. The minimum atomic E-state index is 0.482. The molecule has 1 heterocycles. The number of hydrogen-bond acceptors (Lipinski definition) is 2. The van der Waals surface area contributed by atoms with Gasteiger partial charge in [-0.05, 0) is 50.9 Å². The fourth-order valence-corrected chi connectivity index (χ4v) is 3.16. The summed E-state index contributed by atoms with van der Waals surface area (Å²) in [5, 5.41) is 3.37. The Kier molecular flexibility index (Phi) is 5.26. The van der Waals surface area contributed by atoms with Gasteiger partial charge in [0.15, 0.2) is 0 Å². The topological polar surface area (TPSA) is 15.3 Å². The molecule has 19 heavy (non-hydrogen) atoms. The molecule has 1 aliphatic heterocycles. The second kappa shape index (κ2) is 6.95. The third-order valence-corrected chi connectivity index (χ3v) is 4.44. The molecule has 0 aliphatic carbocycles. The van der Waals surface area contributed by atoms with Crippen molar-refractivity contribution in [2.24, 2.45) is 0 Å². The lowest BCUT2D eigenvalue weighted by Crippen LogP contribution is -2.32. The van der Waals surface area contributed by atoms with E-state index >= 15 is 0 Å². The molecule has 0 spiro atoms. The third kappa shape index (κ3) is 3.50. The van der Waals surface area contributed by atoms with Crippen LogP contribution in [-0.4, -0.2) is 19.6 Å². The molecule has 1 N–H and O–H groups in total. The zero-order valence-corrected chi connectivity index (χ0v) is 12.7. The number of rotatable bonds is 4. The minimum absolute atomic E-state index is 0.482. The Morgan fingerprint density at radius 3 is 2.58 bits per heavy atom. The quantitative estimate of drug-likeness (QED) is 0.876. The second-order valence-electron chi connectivity index (χ2n) is 5.73. The van der Waals surface area contributed by atoms with Crippen LogP contribution in [0, 0.1) is 0 Å². The van der Waals surface area contributed by atoms with E-state index in [2.05, 4.69) is 48.3 Å². The lowest BCUT2D eigenvalue weighted by molar-refractivity contribution is 0.576. The molecule has 2 nitrogen and oxygen atoms in total. The van der Waals surface area contributed by atoms with Crippen molar-refractivity contribution in [2.45, 2.75) is 58.0 Å². The Hall–Kier alpha value is -1.02. The van der Waals surface area contributed by atoms with Gasteiger partial charge in [-0.3, -0.25) is 0 Å². The Bertz CT molecular complexity index is 367. The summed E-state index contributed by atoms with van der Waals surface area (Å²) in [7, 11) is 2.04. The molecule has 0 saturated carbocycles. The maximum atomic E-state index is 3.37. The van der Waals surface area contributed by atoms with Crippen LogP contribution in [0.25, 0.3) is 0 Å². The van der Waals surface area contributed by atoms with Crippen molar-refractivity contribution in [1.29, 1.82) is 0 Å². The van der Waals surface area contributed by atoms with Gasteiger partial charge in [0, 0.05) is 24.3 Å². The smallest absolute Gasteiger partial charge is 0.0368 e. The number of nitrogens with one attached hydrogen (secondary N) is 1. The van der Waals surface area contributed by atoms with Gasteiger partial charge in [-0.1, -0.05) is 31.9 Å². The predicted octanol–water partition coefficient (Wildman–Crippen LogP) is 4.13. The summed E-state index contributed by atoms with van der Waals surface area (Å²) in [5.41, 5.74) is 2.79. The number of nitrogens with zero attached hydrogens (tertiary/aromatic N) is 1. The van der Waals surface area contributed by atoms with Gasteiger partial charge >= 0.3 is 0 Å². The number of anilines is 1. The van der Waals surface area contributed by atoms with Crippen LogP contribution in [-0.2, 0) is 0 Å². The predicted molar refractivity (Wildman–Crippen MR) is 83.8 cm³/mol. The highest BCUT2D eigenvalue weighted by Crippen LogP contribution is 2.26. The van der Waals surface area contributed by atoms with Gasteiger partial charge < -0.3 is 10.2 Å². The first-order valence-electron chi connectivity index (χ1n) is 7.80. The van der Waals surface area contributed by atoms with Gasteiger partial charge in [-0.2, -0.15) is 0 Å². The Morgan fingerprint density at radius 2 is 1.95 bits per heavy atom. The van der Waals surface area contributed by atoms with Gasteiger partial charge in [0.05, 0.1) is 0 Å². The maximum Gasteiger partial charge on any atom is 0.0368 e. The molecule has 2 rings (SSSR count). The van der Waals surface area contributed by atoms with Crippen LogP contribution in [0.1, 0.15) is 57.6 Å². The monoisotopic (exact) mass is 260 g/mol. The Balaban J connectivity index is 2.12. The largest absolute Gasteiger partial charge is 0.369 e. The van der Waals surface area contributed by atoms with Gasteiger partial charge in [-0.25, -0.2) is 0 Å². The molecule has 0 amide bonds. The van der Waals surface area contributed by atoms with Gasteiger partial charge in [-0.15, -0.1) is 0 Å². The summed E-state index contributed by atoms with van der Waals surface area (Å²) < 4.78 is 0. The lowest BCUT2D eigenvalue weighted by atomic mass is 10.0. The molecule has 2 atom stereocenters. The molecular formula is C17H28N2. The van der Waals surface area contributed by atoms with Crippen LogP contribution in [0.4, 0.5) is 5.69 Å². The highest BCUT2D eigenvalue weighted by atomic mass is 15.2. The van der Waals surface area contributed by atoms with Crippen molar-refractivity contribution in [3.05, 3.63) is 29.8 Å². The van der Waals surface area contributed by atoms with Crippen molar-refractivity contribution in [3.63, 3.8) is 0 Å². The summed E-state index contributed by atoms with van der Waals surface area (Å²) in [6.45, 7) is 5.80. The first kappa shape index (κ1) is 14.4. The highest BCUT2D eigenvalue weighted by Gasteiger charge is 2.17. The first-order valence-corrected chi connectivity index (χ1v) is 7.80. The van der Waals surface area contributed by atoms with Crippen molar-refractivity contribution < 1.29 is 0 Å². The van der Waals surface area contributed by atoms with E-state index in [4.69, 9.17) is 0 Å². The van der Waals surface area contributed by atoms with E-state index in [1.54, 1.807) is 0 Å². The molecule has 1 saturated heterocycles. The summed E-state index contributed by atoms with van der Waals surface area (Å²) in [6.07, 6.45) is 6.57. The van der Waals surface area contributed by atoms with Crippen LogP contribution in [0.15, 0.2) is 24.3 Å². The van der Waals surface area contributed by atoms with Crippen molar-refractivity contribution in [3.8, 4) is 0 Å². The lowest BCUT2D eigenvalue weighted by Gasteiger charge is -2.30. The first-order chi connectivity index (χ1) is 9.26. The highest BCUT2D eigenvalue weighted by molar-refractivity contribution is 5.49. The minimum Gasteiger partial charge on any atom is -0.369 e. The van der Waals surface area contributed by atoms with Crippen molar-refractivity contribution in [2.75, 3.05) is 18.5 Å². The van der Waals surface area contributed by atoms with Crippen LogP contribution < -0.4 is 10.2 Å². The summed E-state index contributed by atoms with van der Waals surface area (Å²) in [6, 6.07) is 10.3. The summed E-state index contributed by atoms with van der Waals surface area (Å²) in [4.78, 5) is 2.58. The molecule has 2 heteroatoms. The average molecular weight is 260 g/mol. The fourth-order valence-electron chi connectivity index (χ4n) is 3.16. The van der Waals surface area contributed by atoms with Crippen LogP contribution in [0.5, 0.6) is 0 Å². The molecular weight excluding hydrogens is 232 g/mol. The van der Waals surface area contributed by atoms with E-state index in [0.717, 1.165) is 6.42 Å². The zero-order chi connectivity index (χ0) is 13.7. The molecule has 2 unspecified atom stereocenters. The van der Waals surface area contributed by atoms with Gasteiger partial charge in [0.1, 0.15) is 0 Å². The van der Waals surface area contributed by atoms with E-state index < -0.39 is 0 Å². The maximum absolute atomic E-state index is 3.37. The van der Waals surface area contributed by atoms with Crippen LogP contribution in [0.2, 0.25) is 0 Å². The zero-order valence-electron chi connectivity index (χ0n) is 12.7. The van der Waals surface area contributed by atoms with Gasteiger partial charge in [0.25, 0.3) is 0 Å². The number of hydrogen-bond donors (Lipinski definition) is 1. The van der Waals surface area contributed by atoms with Crippen molar-refractivity contribution >= 4 is 5.69 Å². The molecule has 0 bridgehead atoms. The van der Waals surface area contributed by atoms with Crippen molar-refractivity contribution in [1.82, 2.24) is 5.32 Å².